The maximum absolute atomic E-state index is 13.9. The maximum atomic E-state index is 13.9. The molecular weight excluding hydrogens is 400 g/mol. The fourth-order valence-electron chi connectivity index (χ4n) is 3.60. The summed E-state index contributed by atoms with van der Waals surface area (Å²) < 4.78 is 27.2. The molecule has 31 heavy (non-hydrogen) atoms. The van der Waals surface area contributed by atoms with E-state index in [4.69, 9.17) is 0 Å². The molecule has 0 unspecified atom stereocenters. The number of aryl methyl sites for hydroxylation is 2. The van der Waals surface area contributed by atoms with Gasteiger partial charge in [-0.05, 0) is 73.0 Å². The molecule has 0 aliphatic carbocycles. The summed E-state index contributed by atoms with van der Waals surface area (Å²) in [5.74, 6) is -0.949. The van der Waals surface area contributed by atoms with Crippen LogP contribution in [0.5, 0.6) is 0 Å². The molecule has 0 spiro atoms. The third-order valence-electron chi connectivity index (χ3n) is 5.22. The second kappa shape index (κ2) is 8.55. The third-order valence-corrected chi connectivity index (χ3v) is 5.22. The number of carbonyl (C=O) groups is 1. The van der Waals surface area contributed by atoms with E-state index in [1.54, 1.807) is 37.3 Å². The SMILES string of the molecule is Cc1ccc(CNC(=O)CCc2c(-c3ccc(F)cc3)[nH]c3ccc(F)cc23)c(=O)[nH]1. The lowest BCUT2D eigenvalue weighted by Crippen LogP contribution is -2.27. The van der Waals surface area contributed by atoms with Crippen LogP contribution < -0.4 is 10.9 Å². The zero-order valence-corrected chi connectivity index (χ0v) is 16.9. The standard InChI is InChI=1S/C24H21F2N3O2/c1-14-2-3-16(24(31)28-14)13-27-22(30)11-9-19-20-12-18(26)8-10-21(20)29-23(19)15-4-6-17(25)7-5-15/h2-8,10,12,29H,9,11,13H2,1H3,(H,27,30)(H,28,31). The molecule has 2 aromatic heterocycles. The minimum Gasteiger partial charge on any atom is -0.354 e. The molecule has 5 nitrogen and oxygen atoms in total. The Hall–Kier alpha value is -3.74. The Morgan fingerprint density at radius 3 is 2.45 bits per heavy atom. The molecule has 0 aliphatic rings. The van der Waals surface area contributed by atoms with Crippen LogP contribution in [0.15, 0.2) is 59.4 Å². The van der Waals surface area contributed by atoms with E-state index in [1.807, 2.05) is 0 Å². The molecule has 1 amide bonds. The number of hydrogen-bond acceptors (Lipinski definition) is 2. The first-order valence-corrected chi connectivity index (χ1v) is 9.92. The number of aromatic amines is 2. The Bertz CT molecular complexity index is 1310. The topological polar surface area (TPSA) is 77.8 Å². The molecule has 7 heteroatoms. The summed E-state index contributed by atoms with van der Waals surface area (Å²) in [6, 6.07) is 13.9. The van der Waals surface area contributed by atoms with Crippen LogP contribution in [-0.2, 0) is 17.8 Å². The number of amides is 1. The molecule has 4 aromatic rings. The van der Waals surface area contributed by atoms with E-state index in [1.165, 1.54) is 24.3 Å². The van der Waals surface area contributed by atoms with Crippen molar-refractivity contribution in [2.45, 2.75) is 26.3 Å². The number of rotatable bonds is 6. The van der Waals surface area contributed by atoms with E-state index in [9.17, 15) is 18.4 Å². The third kappa shape index (κ3) is 4.55. The molecule has 2 heterocycles. The predicted molar refractivity (Wildman–Crippen MR) is 116 cm³/mol. The van der Waals surface area contributed by atoms with Crippen molar-refractivity contribution in [3.8, 4) is 11.3 Å². The molecular formula is C24H21F2N3O2. The Balaban J connectivity index is 1.54. The number of pyridine rings is 1. The van der Waals surface area contributed by atoms with Gasteiger partial charge in [-0.1, -0.05) is 6.07 Å². The second-order valence-corrected chi connectivity index (χ2v) is 7.45. The molecule has 0 radical (unpaired) electrons. The van der Waals surface area contributed by atoms with E-state index in [0.29, 0.717) is 17.4 Å². The minimum atomic E-state index is -0.374. The highest BCUT2D eigenvalue weighted by Crippen LogP contribution is 2.32. The lowest BCUT2D eigenvalue weighted by molar-refractivity contribution is -0.121. The van der Waals surface area contributed by atoms with Gasteiger partial charge in [0.05, 0.1) is 0 Å². The minimum absolute atomic E-state index is 0.127. The summed E-state index contributed by atoms with van der Waals surface area (Å²) in [5, 5.41) is 3.44. The van der Waals surface area contributed by atoms with Gasteiger partial charge < -0.3 is 15.3 Å². The van der Waals surface area contributed by atoms with E-state index in [0.717, 1.165) is 28.0 Å². The zero-order chi connectivity index (χ0) is 22.0. The Kier molecular flexibility index (Phi) is 5.66. The number of carbonyl (C=O) groups excluding carboxylic acids is 1. The largest absolute Gasteiger partial charge is 0.354 e. The maximum Gasteiger partial charge on any atom is 0.253 e. The van der Waals surface area contributed by atoms with Crippen molar-refractivity contribution in [1.29, 1.82) is 0 Å². The van der Waals surface area contributed by atoms with Crippen LogP contribution in [-0.4, -0.2) is 15.9 Å². The van der Waals surface area contributed by atoms with Gasteiger partial charge in [0.25, 0.3) is 5.56 Å². The zero-order valence-electron chi connectivity index (χ0n) is 16.9. The molecule has 0 aliphatic heterocycles. The van der Waals surface area contributed by atoms with Gasteiger partial charge in [-0.2, -0.15) is 0 Å². The van der Waals surface area contributed by atoms with Gasteiger partial charge in [-0.3, -0.25) is 9.59 Å². The van der Waals surface area contributed by atoms with Gasteiger partial charge in [0.2, 0.25) is 5.91 Å². The summed E-state index contributed by atoms with van der Waals surface area (Å²) in [7, 11) is 0. The van der Waals surface area contributed by atoms with Gasteiger partial charge in [0, 0.05) is 40.8 Å². The van der Waals surface area contributed by atoms with Crippen LogP contribution in [0.4, 0.5) is 8.78 Å². The lowest BCUT2D eigenvalue weighted by atomic mass is 10.0. The van der Waals surface area contributed by atoms with Crippen LogP contribution in [0.25, 0.3) is 22.2 Å². The Morgan fingerprint density at radius 1 is 0.968 bits per heavy atom. The molecule has 0 atom stereocenters. The van der Waals surface area contributed by atoms with Crippen molar-refractivity contribution in [2.75, 3.05) is 0 Å². The molecule has 2 aromatic carbocycles. The first-order valence-electron chi connectivity index (χ1n) is 9.92. The van der Waals surface area contributed by atoms with Gasteiger partial charge in [0.15, 0.2) is 0 Å². The van der Waals surface area contributed by atoms with Crippen LogP contribution in [0, 0.1) is 18.6 Å². The average Bonchev–Trinajstić information content (AvgIpc) is 3.09. The van der Waals surface area contributed by atoms with Crippen molar-refractivity contribution >= 4 is 16.8 Å². The van der Waals surface area contributed by atoms with Gasteiger partial charge in [0.1, 0.15) is 11.6 Å². The number of halogens is 2. The molecule has 0 fully saturated rings. The number of fused-ring (bicyclic) bond motifs is 1. The Morgan fingerprint density at radius 2 is 1.71 bits per heavy atom. The second-order valence-electron chi connectivity index (χ2n) is 7.45. The van der Waals surface area contributed by atoms with Crippen molar-refractivity contribution in [2.24, 2.45) is 0 Å². The van der Waals surface area contributed by atoms with Gasteiger partial charge in [-0.25, -0.2) is 8.78 Å². The summed E-state index contributed by atoms with van der Waals surface area (Å²) in [6.45, 7) is 1.91. The number of nitrogens with one attached hydrogen (secondary N) is 3. The first-order chi connectivity index (χ1) is 14.9. The van der Waals surface area contributed by atoms with Gasteiger partial charge in [-0.15, -0.1) is 0 Å². The normalized spacial score (nSPS) is 11.1. The summed E-state index contributed by atoms with van der Waals surface area (Å²) in [6.07, 6.45) is 0.508. The molecule has 0 bridgehead atoms. The monoisotopic (exact) mass is 421 g/mol. The number of H-pyrrole nitrogens is 2. The highest BCUT2D eigenvalue weighted by atomic mass is 19.1. The molecule has 158 valence electrons. The smallest absolute Gasteiger partial charge is 0.253 e. The predicted octanol–water partition coefficient (Wildman–Crippen LogP) is 4.36. The van der Waals surface area contributed by atoms with E-state index in [2.05, 4.69) is 15.3 Å². The highest BCUT2D eigenvalue weighted by molar-refractivity contribution is 5.91. The molecule has 3 N–H and O–H groups in total. The van der Waals surface area contributed by atoms with Crippen molar-refractivity contribution in [1.82, 2.24) is 15.3 Å². The van der Waals surface area contributed by atoms with E-state index >= 15 is 0 Å². The number of hydrogen-bond donors (Lipinski definition) is 3. The van der Waals surface area contributed by atoms with Crippen LogP contribution in [0.1, 0.15) is 23.2 Å². The molecule has 4 rings (SSSR count). The highest BCUT2D eigenvalue weighted by Gasteiger charge is 2.15. The van der Waals surface area contributed by atoms with Crippen LogP contribution in [0.2, 0.25) is 0 Å². The number of benzene rings is 2. The van der Waals surface area contributed by atoms with E-state index in [-0.39, 0.29) is 36.1 Å². The fourth-order valence-corrected chi connectivity index (χ4v) is 3.60. The summed E-state index contributed by atoms with van der Waals surface area (Å²) >= 11 is 0. The first kappa shape index (κ1) is 20.5. The lowest BCUT2D eigenvalue weighted by Gasteiger charge is -2.07. The van der Waals surface area contributed by atoms with Crippen LogP contribution in [0.3, 0.4) is 0 Å². The van der Waals surface area contributed by atoms with E-state index < -0.39 is 0 Å². The number of aromatic nitrogens is 2. The average molecular weight is 421 g/mol. The fraction of sp³-hybridized carbons (Fsp3) is 0.167. The summed E-state index contributed by atoms with van der Waals surface area (Å²) in [5.41, 5.74) is 3.99. The quantitative estimate of drug-likeness (QED) is 0.433. The van der Waals surface area contributed by atoms with Crippen molar-refractivity contribution in [3.05, 3.63) is 93.4 Å². The van der Waals surface area contributed by atoms with Crippen LogP contribution >= 0.6 is 0 Å². The van der Waals surface area contributed by atoms with Crippen molar-refractivity contribution in [3.63, 3.8) is 0 Å². The summed E-state index contributed by atoms with van der Waals surface area (Å²) in [4.78, 5) is 30.3. The molecule has 0 saturated carbocycles. The van der Waals surface area contributed by atoms with Crippen molar-refractivity contribution < 1.29 is 13.6 Å². The molecule has 0 saturated heterocycles. The van der Waals surface area contributed by atoms with Gasteiger partial charge >= 0.3 is 0 Å². The Labute approximate surface area is 177 Å².